The molecule has 0 radical (unpaired) electrons. The van der Waals surface area contributed by atoms with Crippen molar-refractivity contribution in [2.75, 3.05) is 12.4 Å². The molecule has 4 heteroatoms. The van der Waals surface area contributed by atoms with Crippen LogP contribution in [0.25, 0.3) is 0 Å². The number of methoxy groups -OCH3 is 1. The topological polar surface area (TPSA) is 47.6 Å². The second-order valence-electron chi connectivity index (χ2n) is 5.57. The Hall–Kier alpha value is -1.71. The Morgan fingerprint density at radius 3 is 2.63 bits per heavy atom. The summed E-state index contributed by atoms with van der Waals surface area (Å²) in [7, 11) is 1.63. The largest absolute Gasteiger partial charge is 0.497 e. The number of carbonyl (C=O) groups excluding carboxylic acids is 1. The normalized spacial score (nSPS) is 12.7. The SMILES string of the molecule is COc1cccc(N[C@H](C)CC(=O)OC(C)(C)C)c1. The van der Waals surface area contributed by atoms with E-state index in [1.165, 1.54) is 0 Å². The van der Waals surface area contributed by atoms with Crippen LogP contribution in [-0.4, -0.2) is 24.7 Å². The van der Waals surface area contributed by atoms with Crippen LogP contribution in [0.5, 0.6) is 5.75 Å². The summed E-state index contributed by atoms with van der Waals surface area (Å²) in [6.45, 7) is 7.55. The lowest BCUT2D eigenvalue weighted by atomic mass is 10.1. The van der Waals surface area contributed by atoms with Crippen LogP contribution in [0, 0.1) is 0 Å². The number of rotatable bonds is 5. The van der Waals surface area contributed by atoms with Crippen molar-refractivity contribution in [3.05, 3.63) is 24.3 Å². The van der Waals surface area contributed by atoms with Crippen LogP contribution in [0.4, 0.5) is 5.69 Å². The van der Waals surface area contributed by atoms with E-state index in [4.69, 9.17) is 9.47 Å². The number of hydrogen-bond acceptors (Lipinski definition) is 4. The van der Waals surface area contributed by atoms with Gasteiger partial charge in [0.15, 0.2) is 0 Å². The molecule has 0 unspecified atom stereocenters. The maximum absolute atomic E-state index is 11.7. The van der Waals surface area contributed by atoms with Crippen molar-refractivity contribution < 1.29 is 14.3 Å². The fourth-order valence-corrected chi connectivity index (χ4v) is 1.68. The van der Waals surface area contributed by atoms with Crippen LogP contribution in [-0.2, 0) is 9.53 Å². The molecule has 0 aliphatic rings. The third-order valence-electron chi connectivity index (χ3n) is 2.38. The molecule has 1 N–H and O–H groups in total. The summed E-state index contributed by atoms with van der Waals surface area (Å²) in [6, 6.07) is 7.62. The molecule has 0 aliphatic carbocycles. The maximum Gasteiger partial charge on any atom is 0.308 e. The first kappa shape index (κ1) is 15.3. The standard InChI is InChI=1S/C15H23NO3/c1-11(9-14(17)19-15(2,3)4)16-12-7-6-8-13(10-12)18-5/h6-8,10-11,16H,9H2,1-5H3/t11-/m1/s1. The van der Waals surface area contributed by atoms with Gasteiger partial charge in [-0.2, -0.15) is 0 Å². The zero-order chi connectivity index (χ0) is 14.5. The first-order valence-electron chi connectivity index (χ1n) is 6.42. The molecule has 1 aromatic carbocycles. The summed E-state index contributed by atoms with van der Waals surface area (Å²) in [5.74, 6) is 0.588. The van der Waals surface area contributed by atoms with Gasteiger partial charge in [0.25, 0.3) is 0 Å². The van der Waals surface area contributed by atoms with Crippen molar-refractivity contribution in [2.45, 2.75) is 45.8 Å². The van der Waals surface area contributed by atoms with Crippen molar-refractivity contribution in [1.82, 2.24) is 0 Å². The van der Waals surface area contributed by atoms with Gasteiger partial charge >= 0.3 is 5.97 Å². The van der Waals surface area contributed by atoms with Gasteiger partial charge in [-0.15, -0.1) is 0 Å². The molecule has 1 atom stereocenters. The van der Waals surface area contributed by atoms with Gasteiger partial charge in [-0.1, -0.05) is 6.07 Å². The minimum atomic E-state index is -0.438. The highest BCUT2D eigenvalue weighted by atomic mass is 16.6. The van der Waals surface area contributed by atoms with Crippen LogP contribution >= 0.6 is 0 Å². The molecule has 106 valence electrons. The van der Waals surface area contributed by atoms with Crippen molar-refractivity contribution in [2.24, 2.45) is 0 Å². The number of benzene rings is 1. The van der Waals surface area contributed by atoms with E-state index in [1.807, 2.05) is 52.0 Å². The number of esters is 1. The molecule has 0 fully saturated rings. The monoisotopic (exact) mass is 265 g/mol. The lowest BCUT2D eigenvalue weighted by molar-refractivity contribution is -0.154. The van der Waals surface area contributed by atoms with Crippen molar-refractivity contribution in [3.8, 4) is 5.75 Å². The Bertz CT molecular complexity index is 424. The van der Waals surface area contributed by atoms with Crippen LogP contribution in [0.1, 0.15) is 34.1 Å². The summed E-state index contributed by atoms with van der Waals surface area (Å²) in [5, 5.41) is 3.25. The van der Waals surface area contributed by atoms with E-state index in [0.717, 1.165) is 11.4 Å². The molecule has 0 heterocycles. The van der Waals surface area contributed by atoms with Gasteiger partial charge in [0.1, 0.15) is 11.4 Å². The highest BCUT2D eigenvalue weighted by Crippen LogP contribution is 2.18. The van der Waals surface area contributed by atoms with E-state index >= 15 is 0 Å². The van der Waals surface area contributed by atoms with E-state index in [0.29, 0.717) is 6.42 Å². The fraction of sp³-hybridized carbons (Fsp3) is 0.533. The maximum atomic E-state index is 11.7. The third kappa shape index (κ3) is 6.13. The van der Waals surface area contributed by atoms with Crippen molar-refractivity contribution >= 4 is 11.7 Å². The van der Waals surface area contributed by atoms with E-state index < -0.39 is 5.60 Å². The molecular weight excluding hydrogens is 242 g/mol. The van der Waals surface area contributed by atoms with Crippen molar-refractivity contribution in [1.29, 1.82) is 0 Å². The fourth-order valence-electron chi connectivity index (χ4n) is 1.68. The van der Waals surface area contributed by atoms with Gasteiger partial charge < -0.3 is 14.8 Å². The van der Waals surface area contributed by atoms with E-state index in [2.05, 4.69) is 5.32 Å². The molecule has 19 heavy (non-hydrogen) atoms. The minimum absolute atomic E-state index is 0.00181. The molecule has 0 saturated heterocycles. The first-order chi connectivity index (χ1) is 8.80. The van der Waals surface area contributed by atoms with Gasteiger partial charge in [0, 0.05) is 17.8 Å². The van der Waals surface area contributed by atoms with Crippen LogP contribution in [0.2, 0.25) is 0 Å². The molecular formula is C15H23NO3. The smallest absolute Gasteiger partial charge is 0.308 e. The zero-order valence-corrected chi connectivity index (χ0v) is 12.3. The second-order valence-corrected chi connectivity index (χ2v) is 5.57. The quantitative estimate of drug-likeness (QED) is 0.830. The van der Waals surface area contributed by atoms with Crippen molar-refractivity contribution in [3.63, 3.8) is 0 Å². The molecule has 0 amide bonds. The number of nitrogens with one attached hydrogen (secondary N) is 1. The van der Waals surface area contributed by atoms with E-state index in [9.17, 15) is 4.79 Å². The highest BCUT2D eigenvalue weighted by Gasteiger charge is 2.18. The lowest BCUT2D eigenvalue weighted by Gasteiger charge is -2.21. The molecule has 0 spiro atoms. The number of carbonyl (C=O) groups is 1. The lowest BCUT2D eigenvalue weighted by Crippen LogP contribution is -2.28. The summed E-state index contributed by atoms with van der Waals surface area (Å²) in [6.07, 6.45) is 0.328. The molecule has 1 rings (SSSR count). The average Bonchev–Trinajstić information content (AvgIpc) is 2.26. The molecule has 4 nitrogen and oxygen atoms in total. The number of hydrogen-bond donors (Lipinski definition) is 1. The first-order valence-corrected chi connectivity index (χ1v) is 6.42. The van der Waals surface area contributed by atoms with E-state index in [1.54, 1.807) is 7.11 Å². The number of ether oxygens (including phenoxy) is 2. The molecule has 0 aromatic heterocycles. The zero-order valence-electron chi connectivity index (χ0n) is 12.3. The van der Waals surface area contributed by atoms with Gasteiger partial charge in [-0.3, -0.25) is 4.79 Å². The Morgan fingerprint density at radius 2 is 2.05 bits per heavy atom. The summed E-state index contributed by atoms with van der Waals surface area (Å²) < 4.78 is 10.4. The van der Waals surface area contributed by atoms with Gasteiger partial charge in [0.05, 0.1) is 13.5 Å². The second kappa shape index (κ2) is 6.45. The van der Waals surface area contributed by atoms with Crippen LogP contribution in [0.3, 0.4) is 0 Å². The molecule has 0 aliphatic heterocycles. The Labute approximate surface area is 115 Å². The summed E-state index contributed by atoms with van der Waals surface area (Å²) >= 11 is 0. The number of anilines is 1. The Kier molecular flexibility index (Phi) is 5.21. The molecule has 0 bridgehead atoms. The van der Waals surface area contributed by atoms with Crippen LogP contribution < -0.4 is 10.1 Å². The summed E-state index contributed by atoms with van der Waals surface area (Å²) in [4.78, 5) is 11.7. The summed E-state index contributed by atoms with van der Waals surface area (Å²) in [5.41, 5.74) is 0.489. The minimum Gasteiger partial charge on any atom is -0.497 e. The van der Waals surface area contributed by atoms with Gasteiger partial charge in [0.2, 0.25) is 0 Å². The predicted octanol–water partition coefficient (Wildman–Crippen LogP) is 3.23. The van der Waals surface area contributed by atoms with Crippen LogP contribution in [0.15, 0.2) is 24.3 Å². The Balaban J connectivity index is 2.50. The van der Waals surface area contributed by atoms with Gasteiger partial charge in [-0.25, -0.2) is 0 Å². The Morgan fingerprint density at radius 1 is 1.37 bits per heavy atom. The van der Waals surface area contributed by atoms with Gasteiger partial charge in [-0.05, 0) is 39.8 Å². The molecule has 1 aromatic rings. The average molecular weight is 265 g/mol. The molecule has 0 saturated carbocycles. The third-order valence-corrected chi connectivity index (χ3v) is 2.38. The van der Waals surface area contributed by atoms with E-state index in [-0.39, 0.29) is 12.0 Å². The predicted molar refractivity (Wildman–Crippen MR) is 76.5 cm³/mol. The highest BCUT2D eigenvalue weighted by molar-refractivity contribution is 5.71.